The maximum Gasteiger partial charge on any atom is 0.229 e. The molecule has 5 nitrogen and oxygen atoms in total. The molecule has 0 bridgehead atoms. The first kappa shape index (κ1) is 14.8. The summed E-state index contributed by atoms with van der Waals surface area (Å²) >= 11 is 0. The molecule has 2 N–H and O–H groups in total. The average Bonchev–Trinajstić information content (AvgIpc) is 2.51. The minimum atomic E-state index is -0.217. The van der Waals surface area contributed by atoms with Gasteiger partial charge in [0.25, 0.3) is 0 Å². The quantitative estimate of drug-likeness (QED) is 0.882. The molecule has 1 unspecified atom stereocenters. The van der Waals surface area contributed by atoms with Crippen molar-refractivity contribution in [3.63, 3.8) is 0 Å². The fourth-order valence-corrected chi connectivity index (χ4v) is 2.53. The first-order chi connectivity index (χ1) is 9.69. The van der Waals surface area contributed by atoms with Crippen molar-refractivity contribution < 1.29 is 14.3 Å². The maximum atomic E-state index is 12.4. The van der Waals surface area contributed by atoms with E-state index in [2.05, 4.69) is 0 Å². The molecular weight excluding hydrogens is 256 g/mol. The van der Waals surface area contributed by atoms with Crippen molar-refractivity contribution in [3.05, 3.63) is 23.8 Å². The predicted octanol–water partition coefficient (Wildman–Crippen LogP) is 1.34. The van der Waals surface area contributed by atoms with E-state index in [0.29, 0.717) is 13.0 Å². The van der Waals surface area contributed by atoms with Crippen molar-refractivity contribution in [3.8, 4) is 5.75 Å². The van der Waals surface area contributed by atoms with Crippen LogP contribution in [0.3, 0.4) is 0 Å². The molecule has 0 radical (unpaired) electrons. The van der Waals surface area contributed by atoms with E-state index in [-0.39, 0.29) is 12.0 Å². The van der Waals surface area contributed by atoms with E-state index in [1.54, 1.807) is 14.2 Å². The van der Waals surface area contributed by atoms with Gasteiger partial charge in [-0.3, -0.25) is 4.79 Å². The number of aryl methyl sites for hydroxylation is 1. The number of ether oxygens (including phenoxy) is 2. The van der Waals surface area contributed by atoms with Gasteiger partial charge in [-0.15, -0.1) is 0 Å². The van der Waals surface area contributed by atoms with E-state index in [9.17, 15) is 4.79 Å². The SMILES string of the molecule is COc1ccc2c(c1)CCCN2C(=O)CC(CN)OC. The number of rotatable bonds is 5. The standard InChI is InChI=1S/C15H22N2O3/c1-19-12-5-6-14-11(8-12)4-3-7-17(14)15(18)9-13(10-16)20-2/h5-6,8,13H,3-4,7,9-10,16H2,1-2H3. The number of nitrogens with zero attached hydrogens (tertiary/aromatic N) is 1. The molecule has 0 fully saturated rings. The van der Waals surface area contributed by atoms with Crippen molar-refractivity contribution in [2.45, 2.75) is 25.4 Å². The number of hydrogen-bond acceptors (Lipinski definition) is 4. The highest BCUT2D eigenvalue weighted by molar-refractivity contribution is 5.95. The molecule has 5 heteroatoms. The zero-order valence-corrected chi connectivity index (χ0v) is 12.1. The Bertz CT molecular complexity index is 472. The van der Waals surface area contributed by atoms with Crippen LogP contribution in [0.5, 0.6) is 5.75 Å². The summed E-state index contributed by atoms with van der Waals surface area (Å²) in [5.74, 6) is 0.892. The number of hydrogen-bond donors (Lipinski definition) is 1. The molecule has 0 spiro atoms. The zero-order chi connectivity index (χ0) is 14.5. The van der Waals surface area contributed by atoms with Crippen molar-refractivity contribution in [1.82, 2.24) is 0 Å². The number of nitrogens with two attached hydrogens (primary N) is 1. The molecule has 1 aromatic rings. The van der Waals surface area contributed by atoms with E-state index < -0.39 is 0 Å². The monoisotopic (exact) mass is 278 g/mol. The van der Waals surface area contributed by atoms with Gasteiger partial charge >= 0.3 is 0 Å². The second-order valence-electron chi connectivity index (χ2n) is 4.94. The van der Waals surface area contributed by atoms with Crippen LogP contribution < -0.4 is 15.4 Å². The summed E-state index contributed by atoms with van der Waals surface area (Å²) in [6, 6.07) is 5.85. The van der Waals surface area contributed by atoms with E-state index in [4.69, 9.17) is 15.2 Å². The molecule has 0 saturated heterocycles. The molecule has 1 atom stereocenters. The lowest BCUT2D eigenvalue weighted by Crippen LogP contribution is -2.39. The van der Waals surface area contributed by atoms with Crippen molar-refractivity contribution in [2.24, 2.45) is 5.73 Å². The Morgan fingerprint density at radius 1 is 1.45 bits per heavy atom. The van der Waals surface area contributed by atoms with E-state index >= 15 is 0 Å². The molecule has 1 aliphatic heterocycles. The molecule has 1 aromatic carbocycles. The highest BCUT2D eigenvalue weighted by atomic mass is 16.5. The summed E-state index contributed by atoms with van der Waals surface area (Å²) in [5, 5.41) is 0. The van der Waals surface area contributed by atoms with Gasteiger partial charge in [0.15, 0.2) is 0 Å². The van der Waals surface area contributed by atoms with Gasteiger partial charge in [0.05, 0.1) is 19.6 Å². The molecule has 1 aliphatic rings. The van der Waals surface area contributed by atoms with Crippen LogP contribution >= 0.6 is 0 Å². The number of amides is 1. The van der Waals surface area contributed by atoms with Crippen LogP contribution in [0, 0.1) is 0 Å². The Hall–Kier alpha value is -1.59. The number of carbonyl (C=O) groups excluding carboxylic acids is 1. The molecule has 1 amide bonds. The van der Waals surface area contributed by atoms with Crippen LogP contribution in [0.2, 0.25) is 0 Å². The number of methoxy groups -OCH3 is 2. The highest BCUT2D eigenvalue weighted by Gasteiger charge is 2.24. The van der Waals surface area contributed by atoms with Gasteiger partial charge in [0.2, 0.25) is 5.91 Å². The van der Waals surface area contributed by atoms with Crippen LogP contribution in [0.15, 0.2) is 18.2 Å². The van der Waals surface area contributed by atoms with Gasteiger partial charge in [0.1, 0.15) is 5.75 Å². The molecule has 1 heterocycles. The fourth-order valence-electron chi connectivity index (χ4n) is 2.53. The van der Waals surface area contributed by atoms with Gasteiger partial charge in [0, 0.05) is 25.9 Å². The molecule has 0 saturated carbocycles. The molecule has 0 aromatic heterocycles. The number of anilines is 1. The molecule has 2 rings (SSSR count). The Morgan fingerprint density at radius 2 is 2.25 bits per heavy atom. The first-order valence-electron chi connectivity index (χ1n) is 6.89. The van der Waals surface area contributed by atoms with E-state index in [0.717, 1.165) is 36.4 Å². The lowest BCUT2D eigenvalue weighted by molar-refractivity contribution is -0.120. The smallest absolute Gasteiger partial charge is 0.229 e. The minimum absolute atomic E-state index is 0.0633. The van der Waals surface area contributed by atoms with Crippen LogP contribution in [-0.4, -0.2) is 39.3 Å². The summed E-state index contributed by atoms with van der Waals surface area (Å²) in [6.45, 7) is 1.10. The summed E-state index contributed by atoms with van der Waals surface area (Å²) < 4.78 is 10.4. The third kappa shape index (κ3) is 3.11. The van der Waals surface area contributed by atoms with Crippen LogP contribution in [0.25, 0.3) is 0 Å². The molecule has 20 heavy (non-hydrogen) atoms. The lowest BCUT2D eigenvalue weighted by atomic mass is 10.0. The predicted molar refractivity (Wildman–Crippen MR) is 78.1 cm³/mol. The van der Waals surface area contributed by atoms with Gasteiger partial charge in [-0.2, -0.15) is 0 Å². The summed E-state index contributed by atoms with van der Waals surface area (Å²) in [5.41, 5.74) is 7.72. The molecular formula is C15H22N2O3. The fraction of sp³-hybridized carbons (Fsp3) is 0.533. The third-order valence-electron chi connectivity index (χ3n) is 3.70. The summed E-state index contributed by atoms with van der Waals surface area (Å²) in [7, 11) is 3.23. The maximum absolute atomic E-state index is 12.4. The summed E-state index contributed by atoms with van der Waals surface area (Å²) in [4.78, 5) is 14.2. The van der Waals surface area contributed by atoms with Crippen molar-refractivity contribution in [1.29, 1.82) is 0 Å². The number of fused-ring (bicyclic) bond motifs is 1. The lowest BCUT2D eigenvalue weighted by Gasteiger charge is -2.30. The molecule has 0 aliphatic carbocycles. The van der Waals surface area contributed by atoms with Gasteiger partial charge in [-0.05, 0) is 36.6 Å². The topological polar surface area (TPSA) is 64.8 Å². The zero-order valence-electron chi connectivity index (χ0n) is 12.1. The Kier molecular flexibility index (Phi) is 4.98. The summed E-state index contributed by atoms with van der Waals surface area (Å²) in [6.07, 6.45) is 2.04. The Labute approximate surface area is 119 Å². The Balaban J connectivity index is 2.17. The van der Waals surface area contributed by atoms with Crippen LogP contribution in [0.1, 0.15) is 18.4 Å². The minimum Gasteiger partial charge on any atom is -0.497 e. The number of benzene rings is 1. The van der Waals surface area contributed by atoms with Crippen molar-refractivity contribution in [2.75, 3.05) is 32.2 Å². The average molecular weight is 278 g/mol. The van der Waals surface area contributed by atoms with Gasteiger partial charge in [-0.25, -0.2) is 0 Å². The van der Waals surface area contributed by atoms with Crippen molar-refractivity contribution >= 4 is 11.6 Å². The number of carbonyl (C=O) groups is 1. The van der Waals surface area contributed by atoms with E-state index in [1.165, 1.54) is 0 Å². The highest BCUT2D eigenvalue weighted by Crippen LogP contribution is 2.31. The van der Waals surface area contributed by atoms with Gasteiger partial charge < -0.3 is 20.1 Å². The second-order valence-corrected chi connectivity index (χ2v) is 4.94. The van der Waals surface area contributed by atoms with Gasteiger partial charge in [-0.1, -0.05) is 0 Å². The first-order valence-corrected chi connectivity index (χ1v) is 6.89. The second kappa shape index (κ2) is 6.72. The largest absolute Gasteiger partial charge is 0.497 e. The van der Waals surface area contributed by atoms with Crippen LogP contribution in [0.4, 0.5) is 5.69 Å². The van der Waals surface area contributed by atoms with Crippen LogP contribution in [-0.2, 0) is 16.0 Å². The normalized spacial score (nSPS) is 15.7. The molecule has 110 valence electrons. The third-order valence-corrected chi connectivity index (χ3v) is 3.70. The van der Waals surface area contributed by atoms with E-state index in [1.807, 2.05) is 23.1 Å². The Morgan fingerprint density at radius 3 is 2.90 bits per heavy atom.